The molecule has 1 aliphatic rings. The molecule has 0 amide bonds. The van der Waals surface area contributed by atoms with Crippen molar-refractivity contribution in [3.63, 3.8) is 0 Å². The zero-order chi connectivity index (χ0) is 17.9. The number of piperidine rings is 1. The molecule has 2 aromatic rings. The lowest BCUT2D eigenvalue weighted by Crippen LogP contribution is -2.39. The van der Waals surface area contributed by atoms with Crippen molar-refractivity contribution in [3.05, 3.63) is 64.7 Å². The molecular weight excluding hydrogens is 349 g/mol. The van der Waals surface area contributed by atoms with Gasteiger partial charge in [-0.1, -0.05) is 41.9 Å². The number of alkyl halides is 3. The molecule has 0 atom stereocenters. The lowest BCUT2D eigenvalue weighted by molar-refractivity contribution is -0.138. The van der Waals surface area contributed by atoms with Gasteiger partial charge in [0.1, 0.15) is 0 Å². The van der Waals surface area contributed by atoms with Gasteiger partial charge < -0.3 is 5.32 Å². The van der Waals surface area contributed by atoms with E-state index in [2.05, 4.69) is 10.2 Å². The number of hydrogen-bond donors (Lipinski definition) is 1. The number of hydrogen-bond acceptors (Lipinski definition) is 2. The van der Waals surface area contributed by atoms with Crippen LogP contribution in [0.25, 0.3) is 0 Å². The van der Waals surface area contributed by atoms with Gasteiger partial charge in [0, 0.05) is 25.7 Å². The summed E-state index contributed by atoms with van der Waals surface area (Å²) in [5.74, 6) is 0. The fourth-order valence-corrected chi connectivity index (χ4v) is 3.40. The number of likely N-dealkylation sites (tertiary alicyclic amines) is 1. The molecule has 0 radical (unpaired) electrons. The van der Waals surface area contributed by atoms with Crippen molar-refractivity contribution in [3.8, 4) is 0 Å². The molecular formula is C19H20ClF3N2. The minimum Gasteiger partial charge on any atom is -0.381 e. The number of halogens is 4. The number of rotatable bonds is 4. The average Bonchev–Trinajstić information content (AvgIpc) is 2.58. The zero-order valence-electron chi connectivity index (χ0n) is 13.7. The van der Waals surface area contributed by atoms with Crippen LogP contribution in [-0.2, 0) is 12.7 Å². The molecule has 0 aromatic heterocycles. The lowest BCUT2D eigenvalue weighted by atomic mass is 10.0. The third-order valence-corrected chi connectivity index (χ3v) is 4.87. The van der Waals surface area contributed by atoms with E-state index in [9.17, 15) is 13.2 Å². The van der Waals surface area contributed by atoms with Crippen LogP contribution in [0.2, 0.25) is 5.02 Å². The summed E-state index contributed by atoms with van der Waals surface area (Å²) in [7, 11) is 0. The van der Waals surface area contributed by atoms with E-state index in [1.807, 2.05) is 24.3 Å². The normalized spacial score (nSPS) is 16.8. The van der Waals surface area contributed by atoms with Gasteiger partial charge >= 0.3 is 6.18 Å². The Kier molecular flexibility index (Phi) is 5.54. The number of nitrogens with zero attached hydrogens (tertiary/aromatic N) is 1. The number of anilines is 1. The van der Waals surface area contributed by atoms with Crippen molar-refractivity contribution in [2.75, 3.05) is 18.4 Å². The molecule has 0 bridgehead atoms. The van der Waals surface area contributed by atoms with Crippen LogP contribution < -0.4 is 5.32 Å². The topological polar surface area (TPSA) is 15.3 Å². The number of benzene rings is 2. The quantitative estimate of drug-likeness (QED) is 0.773. The van der Waals surface area contributed by atoms with E-state index in [1.54, 1.807) is 12.1 Å². The molecule has 1 aliphatic heterocycles. The van der Waals surface area contributed by atoms with Crippen LogP contribution in [-0.4, -0.2) is 24.0 Å². The molecule has 25 heavy (non-hydrogen) atoms. The summed E-state index contributed by atoms with van der Waals surface area (Å²) in [5.41, 5.74) is 0.712. The van der Waals surface area contributed by atoms with Gasteiger partial charge in [-0.05, 0) is 36.6 Å². The first kappa shape index (κ1) is 18.1. The Bertz CT molecular complexity index is 710. The summed E-state index contributed by atoms with van der Waals surface area (Å²) in [5, 5.41) is 4.11. The van der Waals surface area contributed by atoms with Gasteiger partial charge in [0.15, 0.2) is 0 Å². The number of para-hydroxylation sites is 1. The van der Waals surface area contributed by atoms with Crippen LogP contribution in [0.15, 0.2) is 48.5 Å². The Hall–Kier alpha value is -1.72. The van der Waals surface area contributed by atoms with E-state index in [1.165, 1.54) is 6.07 Å². The highest BCUT2D eigenvalue weighted by molar-refractivity contribution is 6.33. The van der Waals surface area contributed by atoms with Gasteiger partial charge in [0.2, 0.25) is 0 Å². The van der Waals surface area contributed by atoms with Crippen LogP contribution in [0.4, 0.5) is 18.9 Å². The highest BCUT2D eigenvalue weighted by Crippen LogP contribution is 2.33. The third-order valence-electron chi connectivity index (χ3n) is 4.54. The van der Waals surface area contributed by atoms with Gasteiger partial charge in [-0.25, -0.2) is 0 Å². The first-order chi connectivity index (χ1) is 11.9. The second-order valence-electron chi connectivity index (χ2n) is 6.33. The summed E-state index contributed by atoms with van der Waals surface area (Å²) in [6.45, 7) is 1.84. The summed E-state index contributed by atoms with van der Waals surface area (Å²) in [6, 6.07) is 13.7. The maximum absolute atomic E-state index is 13.1. The highest BCUT2D eigenvalue weighted by atomic mass is 35.5. The summed E-state index contributed by atoms with van der Waals surface area (Å²) >= 11 is 6.16. The predicted molar refractivity (Wildman–Crippen MR) is 94.8 cm³/mol. The second-order valence-corrected chi connectivity index (χ2v) is 6.74. The maximum Gasteiger partial charge on any atom is 0.416 e. The predicted octanol–water partition coefficient (Wildman–Crippen LogP) is 5.44. The van der Waals surface area contributed by atoms with Crippen molar-refractivity contribution < 1.29 is 13.2 Å². The zero-order valence-corrected chi connectivity index (χ0v) is 14.4. The molecule has 0 spiro atoms. The molecule has 3 rings (SSSR count). The standard InChI is InChI=1S/C19H20ClF3N2/c20-17-7-3-4-8-18(17)24-15-9-11-25(12-10-15)13-14-5-1-2-6-16(14)19(21,22)23/h1-8,15,24H,9-13H2. The van der Waals surface area contributed by atoms with Crippen LogP contribution in [0.3, 0.4) is 0 Å². The van der Waals surface area contributed by atoms with E-state index in [0.717, 1.165) is 37.7 Å². The minimum absolute atomic E-state index is 0.286. The summed E-state index contributed by atoms with van der Waals surface area (Å²) < 4.78 is 39.3. The maximum atomic E-state index is 13.1. The summed E-state index contributed by atoms with van der Waals surface area (Å²) in [6.07, 6.45) is -2.56. The SMILES string of the molecule is FC(F)(F)c1ccccc1CN1CCC(Nc2ccccc2Cl)CC1. The van der Waals surface area contributed by atoms with Crippen LogP contribution in [0.1, 0.15) is 24.0 Å². The van der Waals surface area contributed by atoms with Gasteiger partial charge in [-0.2, -0.15) is 13.2 Å². The van der Waals surface area contributed by atoms with Gasteiger partial charge in [-0.3, -0.25) is 4.90 Å². The van der Waals surface area contributed by atoms with Crippen LogP contribution >= 0.6 is 11.6 Å². The Morgan fingerprint density at radius 3 is 2.32 bits per heavy atom. The van der Waals surface area contributed by atoms with E-state index in [-0.39, 0.29) is 6.04 Å². The molecule has 134 valence electrons. The van der Waals surface area contributed by atoms with Gasteiger partial charge in [0.25, 0.3) is 0 Å². The highest BCUT2D eigenvalue weighted by Gasteiger charge is 2.33. The molecule has 1 saturated heterocycles. The Labute approximate surface area is 150 Å². The van der Waals surface area contributed by atoms with Crippen molar-refractivity contribution in [2.24, 2.45) is 0 Å². The van der Waals surface area contributed by atoms with Crippen molar-refractivity contribution in [1.82, 2.24) is 4.90 Å². The molecule has 2 aromatic carbocycles. The monoisotopic (exact) mass is 368 g/mol. The Morgan fingerprint density at radius 1 is 1.00 bits per heavy atom. The Morgan fingerprint density at radius 2 is 1.64 bits per heavy atom. The molecule has 2 nitrogen and oxygen atoms in total. The van der Waals surface area contributed by atoms with Gasteiger partial charge in [-0.15, -0.1) is 0 Å². The summed E-state index contributed by atoms with van der Waals surface area (Å²) in [4.78, 5) is 2.08. The van der Waals surface area contributed by atoms with Crippen molar-refractivity contribution in [1.29, 1.82) is 0 Å². The van der Waals surface area contributed by atoms with Crippen LogP contribution in [0.5, 0.6) is 0 Å². The van der Waals surface area contributed by atoms with E-state index in [4.69, 9.17) is 11.6 Å². The number of nitrogens with one attached hydrogen (secondary N) is 1. The molecule has 0 aliphatic carbocycles. The molecule has 1 N–H and O–H groups in total. The first-order valence-corrected chi connectivity index (χ1v) is 8.70. The smallest absolute Gasteiger partial charge is 0.381 e. The fraction of sp³-hybridized carbons (Fsp3) is 0.368. The minimum atomic E-state index is -4.31. The molecule has 0 unspecified atom stereocenters. The van der Waals surface area contributed by atoms with E-state index < -0.39 is 11.7 Å². The van der Waals surface area contributed by atoms with E-state index >= 15 is 0 Å². The van der Waals surface area contributed by atoms with Gasteiger partial charge in [0.05, 0.1) is 16.3 Å². The molecule has 1 fully saturated rings. The van der Waals surface area contributed by atoms with Crippen molar-refractivity contribution >= 4 is 17.3 Å². The average molecular weight is 369 g/mol. The van der Waals surface area contributed by atoms with E-state index in [0.29, 0.717) is 17.1 Å². The largest absolute Gasteiger partial charge is 0.416 e. The van der Waals surface area contributed by atoms with Crippen LogP contribution in [0, 0.1) is 0 Å². The fourth-order valence-electron chi connectivity index (χ4n) is 3.21. The molecule has 0 saturated carbocycles. The third kappa shape index (κ3) is 4.67. The molecule has 6 heteroatoms. The van der Waals surface area contributed by atoms with Crippen molar-refractivity contribution in [2.45, 2.75) is 31.6 Å². The second kappa shape index (κ2) is 7.67. The Balaban J connectivity index is 1.58. The lowest BCUT2D eigenvalue weighted by Gasteiger charge is -2.33. The molecule has 1 heterocycles. The first-order valence-electron chi connectivity index (χ1n) is 8.32.